The van der Waals surface area contributed by atoms with E-state index in [-0.39, 0.29) is 36.3 Å². The lowest BCUT2D eigenvalue weighted by atomic mass is 9.92. The van der Waals surface area contributed by atoms with E-state index in [4.69, 9.17) is 4.74 Å². The molecule has 3 unspecified atom stereocenters. The van der Waals surface area contributed by atoms with Crippen molar-refractivity contribution in [3.05, 3.63) is 82.8 Å². The molecule has 6 rings (SSSR count). The van der Waals surface area contributed by atoms with Gasteiger partial charge in [-0.3, -0.25) is 9.59 Å². The second-order valence-electron chi connectivity index (χ2n) is 12.6. The van der Waals surface area contributed by atoms with Gasteiger partial charge in [0.15, 0.2) is 0 Å². The summed E-state index contributed by atoms with van der Waals surface area (Å²) >= 11 is 0. The van der Waals surface area contributed by atoms with Crippen LogP contribution in [0.25, 0.3) is 0 Å². The van der Waals surface area contributed by atoms with E-state index in [2.05, 4.69) is 37.4 Å². The van der Waals surface area contributed by atoms with E-state index < -0.39 is 0 Å². The largest absolute Gasteiger partial charge is 0.496 e. The molecular weight excluding hydrogens is 571 g/mol. The number of rotatable bonds is 8. The van der Waals surface area contributed by atoms with Crippen molar-refractivity contribution in [2.45, 2.75) is 51.2 Å². The fourth-order valence-corrected chi connectivity index (χ4v) is 7.17. The van der Waals surface area contributed by atoms with Gasteiger partial charge in [-0.1, -0.05) is 12.1 Å². The van der Waals surface area contributed by atoms with E-state index in [0.717, 1.165) is 69.8 Å². The number of anilines is 2. The van der Waals surface area contributed by atoms with E-state index >= 15 is 0 Å². The summed E-state index contributed by atoms with van der Waals surface area (Å²) in [7, 11) is 3.69. The lowest BCUT2D eigenvalue weighted by molar-refractivity contribution is 0.0932. The van der Waals surface area contributed by atoms with Crippen molar-refractivity contribution in [2.24, 2.45) is 5.92 Å². The number of carbonyl (C=O) groups excluding carboxylic acids is 2. The molecule has 9 nitrogen and oxygen atoms in total. The van der Waals surface area contributed by atoms with Crippen LogP contribution in [0.5, 0.6) is 5.75 Å². The van der Waals surface area contributed by atoms with Gasteiger partial charge in [-0.05, 0) is 87.5 Å². The van der Waals surface area contributed by atoms with Gasteiger partial charge < -0.3 is 30.1 Å². The van der Waals surface area contributed by atoms with Crippen LogP contribution in [-0.2, 0) is 6.54 Å². The lowest BCUT2D eigenvalue weighted by Gasteiger charge is -2.38. The minimum absolute atomic E-state index is 0.0659. The molecule has 3 heterocycles. The normalized spacial score (nSPS) is 21.7. The Balaban J connectivity index is 1.04. The number of nitrogens with one attached hydrogen (secondary N) is 2. The number of nitrogens with zero attached hydrogens (tertiary/aromatic N) is 4. The minimum atomic E-state index is -0.263. The Morgan fingerprint density at radius 1 is 1.02 bits per heavy atom. The molecule has 0 bridgehead atoms. The van der Waals surface area contributed by atoms with Gasteiger partial charge in [0.2, 0.25) is 0 Å². The first-order valence-electron chi connectivity index (χ1n) is 16.0. The van der Waals surface area contributed by atoms with Crippen LogP contribution in [0.3, 0.4) is 0 Å². The molecule has 2 aromatic carbocycles. The average Bonchev–Trinajstić information content (AvgIpc) is 3.47. The molecule has 1 aromatic heterocycles. The molecule has 1 saturated carbocycles. The van der Waals surface area contributed by atoms with Crippen molar-refractivity contribution >= 4 is 23.3 Å². The monoisotopic (exact) mass is 614 g/mol. The maximum Gasteiger partial charge on any atom is 0.253 e. The summed E-state index contributed by atoms with van der Waals surface area (Å²) in [6, 6.07) is 14.8. The van der Waals surface area contributed by atoms with Crippen LogP contribution in [0.1, 0.15) is 57.5 Å². The highest BCUT2D eigenvalue weighted by Gasteiger charge is 2.41. The third-order valence-electron chi connectivity index (χ3n) is 9.73. The third-order valence-corrected chi connectivity index (χ3v) is 9.73. The minimum Gasteiger partial charge on any atom is -0.496 e. The molecule has 2 saturated heterocycles. The number of hydrogen-bond acceptors (Lipinski definition) is 7. The van der Waals surface area contributed by atoms with Gasteiger partial charge in [0.25, 0.3) is 11.8 Å². The molecule has 2 amide bonds. The van der Waals surface area contributed by atoms with Crippen LogP contribution >= 0.6 is 0 Å². The fourth-order valence-electron chi connectivity index (χ4n) is 7.17. The molecule has 3 aliphatic rings. The Kier molecular flexibility index (Phi) is 9.21. The number of fused-ring (bicyclic) bond motifs is 1. The van der Waals surface area contributed by atoms with Gasteiger partial charge in [-0.2, -0.15) is 0 Å². The zero-order valence-corrected chi connectivity index (χ0v) is 26.4. The highest BCUT2D eigenvalue weighted by atomic mass is 19.1. The van der Waals surface area contributed by atoms with Crippen molar-refractivity contribution < 1.29 is 18.7 Å². The number of hydrogen-bond donors (Lipinski definition) is 2. The Morgan fingerprint density at radius 2 is 1.84 bits per heavy atom. The number of amides is 2. The number of pyridine rings is 1. The van der Waals surface area contributed by atoms with Crippen molar-refractivity contribution in [1.82, 2.24) is 20.5 Å². The maximum absolute atomic E-state index is 14.9. The quantitative estimate of drug-likeness (QED) is 0.389. The van der Waals surface area contributed by atoms with Crippen LogP contribution in [0, 0.1) is 18.7 Å². The second kappa shape index (κ2) is 13.4. The SMILES string of the molecule is COc1cccc(C(=O)NC2CC3CCCN(c4ccc(C(=O)NCc5ccc(N6CCN(C)CC6)c(F)c5)cn4)C3C2)c1C. The maximum atomic E-state index is 14.9. The summed E-state index contributed by atoms with van der Waals surface area (Å²) in [6.07, 6.45) is 5.60. The number of carbonyl (C=O) groups is 2. The molecule has 0 spiro atoms. The van der Waals surface area contributed by atoms with E-state index in [1.807, 2.05) is 43.3 Å². The third kappa shape index (κ3) is 6.76. The molecule has 238 valence electrons. The van der Waals surface area contributed by atoms with Crippen LogP contribution in [-0.4, -0.2) is 80.7 Å². The Hall–Kier alpha value is -4.18. The number of halogens is 1. The number of ether oxygens (including phenoxy) is 1. The first-order valence-corrected chi connectivity index (χ1v) is 16.0. The zero-order chi connectivity index (χ0) is 31.5. The summed E-state index contributed by atoms with van der Waals surface area (Å²) in [5, 5.41) is 6.17. The molecule has 3 aromatic rings. The molecule has 0 radical (unpaired) electrons. The van der Waals surface area contributed by atoms with Gasteiger partial charge in [0.05, 0.1) is 18.4 Å². The molecule has 45 heavy (non-hydrogen) atoms. The van der Waals surface area contributed by atoms with Gasteiger partial charge in [0.1, 0.15) is 17.4 Å². The van der Waals surface area contributed by atoms with Gasteiger partial charge in [-0.25, -0.2) is 9.37 Å². The van der Waals surface area contributed by atoms with Crippen LogP contribution in [0.2, 0.25) is 0 Å². The number of benzene rings is 2. The first-order chi connectivity index (χ1) is 21.8. The van der Waals surface area contributed by atoms with E-state index in [0.29, 0.717) is 34.0 Å². The van der Waals surface area contributed by atoms with Gasteiger partial charge in [-0.15, -0.1) is 0 Å². The molecule has 2 N–H and O–H groups in total. The lowest BCUT2D eigenvalue weighted by Crippen LogP contribution is -2.44. The van der Waals surface area contributed by atoms with Gasteiger partial charge >= 0.3 is 0 Å². The standard InChI is InChI=1S/C35H43FN6O3/c1-23-28(7-4-8-32(23)45-3)35(44)39-27-19-25-6-5-13-42(31(25)20-27)33-12-10-26(22-37-33)34(43)38-21-24-9-11-30(29(36)18-24)41-16-14-40(2)15-17-41/h4,7-12,18,22,25,27,31H,5-6,13-17,19-21H2,1-3H3,(H,38,43)(H,39,44). The number of piperidine rings is 1. The summed E-state index contributed by atoms with van der Waals surface area (Å²) in [5.74, 6) is 1.46. The molecule has 3 fully saturated rings. The second-order valence-corrected chi connectivity index (χ2v) is 12.6. The van der Waals surface area contributed by atoms with Crippen molar-refractivity contribution in [3.63, 3.8) is 0 Å². The van der Waals surface area contributed by atoms with Gasteiger partial charge in [0, 0.05) is 68.7 Å². The number of piperazine rings is 1. The highest BCUT2D eigenvalue weighted by Crippen LogP contribution is 2.39. The van der Waals surface area contributed by atoms with Crippen LogP contribution < -0.4 is 25.2 Å². The van der Waals surface area contributed by atoms with Crippen LogP contribution in [0.4, 0.5) is 15.9 Å². The number of likely N-dealkylation sites (N-methyl/N-ethyl adjacent to an activating group) is 1. The Bertz CT molecular complexity index is 1520. The predicted octanol–water partition coefficient (Wildman–Crippen LogP) is 4.40. The Labute approximate surface area is 264 Å². The first kappa shape index (κ1) is 30.8. The number of methoxy groups -OCH3 is 1. The molecule has 2 aliphatic heterocycles. The van der Waals surface area contributed by atoms with E-state index in [1.54, 1.807) is 19.4 Å². The zero-order valence-electron chi connectivity index (χ0n) is 26.4. The fraction of sp³-hybridized carbons (Fsp3) is 0.457. The van der Waals surface area contributed by atoms with Crippen molar-refractivity contribution in [3.8, 4) is 5.75 Å². The summed E-state index contributed by atoms with van der Waals surface area (Å²) in [6.45, 7) is 6.45. The smallest absolute Gasteiger partial charge is 0.253 e. The average molecular weight is 615 g/mol. The van der Waals surface area contributed by atoms with Crippen molar-refractivity contribution in [1.29, 1.82) is 0 Å². The molecular formula is C35H43FN6O3. The molecule has 10 heteroatoms. The summed E-state index contributed by atoms with van der Waals surface area (Å²) in [4.78, 5) is 37.4. The summed E-state index contributed by atoms with van der Waals surface area (Å²) in [5.41, 5.74) is 3.28. The van der Waals surface area contributed by atoms with Crippen molar-refractivity contribution in [2.75, 3.05) is 56.7 Å². The predicted molar refractivity (Wildman–Crippen MR) is 174 cm³/mol. The Morgan fingerprint density at radius 3 is 2.58 bits per heavy atom. The topological polar surface area (TPSA) is 90.0 Å². The number of aromatic nitrogens is 1. The van der Waals surface area contributed by atoms with Crippen LogP contribution in [0.15, 0.2) is 54.7 Å². The summed E-state index contributed by atoms with van der Waals surface area (Å²) < 4.78 is 20.3. The molecule has 3 atom stereocenters. The molecule has 1 aliphatic carbocycles. The van der Waals surface area contributed by atoms with E-state index in [1.165, 1.54) is 6.07 Å². The highest BCUT2D eigenvalue weighted by molar-refractivity contribution is 5.96. The van der Waals surface area contributed by atoms with E-state index in [9.17, 15) is 14.0 Å².